The van der Waals surface area contributed by atoms with Crippen molar-refractivity contribution >= 4 is 5.82 Å². The van der Waals surface area contributed by atoms with Crippen LogP contribution in [-0.4, -0.2) is 43.5 Å². The molecule has 0 radical (unpaired) electrons. The van der Waals surface area contributed by atoms with Crippen LogP contribution >= 0.6 is 0 Å². The number of halogens is 2. The Balaban J connectivity index is 1.67. The normalized spacial score (nSPS) is 26.8. The summed E-state index contributed by atoms with van der Waals surface area (Å²) in [7, 11) is 0. The molecule has 2 aromatic rings. The highest BCUT2D eigenvalue weighted by Gasteiger charge is 2.44. The van der Waals surface area contributed by atoms with Gasteiger partial charge in [0.2, 0.25) is 0 Å². The molecule has 3 rings (SSSR count). The first kappa shape index (κ1) is 18.6. The highest BCUT2D eigenvalue weighted by atomic mass is 19.2. The third-order valence-electron chi connectivity index (χ3n) is 4.71. The topological polar surface area (TPSA) is 125 Å². The van der Waals surface area contributed by atoms with Crippen molar-refractivity contribution in [2.75, 3.05) is 5.73 Å². The zero-order valence-corrected chi connectivity index (χ0v) is 13.8. The van der Waals surface area contributed by atoms with Gasteiger partial charge in [-0.1, -0.05) is 6.07 Å². The molecule has 6 N–H and O–H groups in total. The Labute approximate surface area is 148 Å². The highest BCUT2D eigenvalue weighted by molar-refractivity contribution is 5.27. The average Bonchev–Trinajstić information content (AvgIpc) is 2.90. The summed E-state index contributed by atoms with van der Waals surface area (Å²) in [6.07, 6.45) is -2.02. The summed E-state index contributed by atoms with van der Waals surface area (Å²) in [5.41, 5.74) is 6.34. The number of aliphatic hydroxyl groups is 3. The van der Waals surface area contributed by atoms with Crippen molar-refractivity contribution in [2.24, 2.45) is 5.92 Å². The quantitative estimate of drug-likeness (QED) is 0.514. The first-order valence-corrected chi connectivity index (χ1v) is 8.15. The maximum Gasteiger partial charge on any atom is 0.159 e. The number of nitrogens with two attached hydrogens (primary N) is 1. The van der Waals surface area contributed by atoms with Crippen LogP contribution < -0.4 is 11.1 Å². The second kappa shape index (κ2) is 7.58. The van der Waals surface area contributed by atoms with Crippen LogP contribution in [-0.2, 0) is 6.54 Å². The molecular formula is C17H20F2N4O3. The number of nitrogens with one attached hydrogen (secondary N) is 1. The largest absolute Gasteiger partial charge is 0.390 e. The number of nitrogen functional groups attached to an aromatic ring is 1. The molecule has 1 aromatic heterocycles. The minimum atomic E-state index is -1.24. The Bertz CT molecular complexity index is 779. The van der Waals surface area contributed by atoms with E-state index in [0.29, 0.717) is 11.5 Å². The maximum atomic E-state index is 13.4. The van der Waals surface area contributed by atoms with Crippen LogP contribution in [0.2, 0.25) is 0 Å². The van der Waals surface area contributed by atoms with Crippen LogP contribution in [0, 0.1) is 17.6 Å². The Morgan fingerprint density at radius 1 is 1.15 bits per heavy atom. The highest BCUT2D eigenvalue weighted by Crippen LogP contribution is 2.37. The van der Waals surface area contributed by atoms with Gasteiger partial charge in [-0.3, -0.25) is 0 Å². The van der Waals surface area contributed by atoms with E-state index in [2.05, 4.69) is 15.3 Å². The Morgan fingerprint density at radius 3 is 2.62 bits per heavy atom. The molecule has 1 aromatic carbocycles. The number of hydrogen-bond donors (Lipinski definition) is 5. The molecule has 7 nitrogen and oxygen atoms in total. The Kier molecular flexibility index (Phi) is 5.42. The molecule has 5 atom stereocenters. The Morgan fingerprint density at radius 2 is 1.92 bits per heavy atom. The summed E-state index contributed by atoms with van der Waals surface area (Å²) in [5.74, 6) is -2.51. The van der Waals surface area contributed by atoms with E-state index in [-0.39, 0.29) is 18.5 Å². The van der Waals surface area contributed by atoms with Gasteiger partial charge in [0.15, 0.2) is 11.6 Å². The summed E-state index contributed by atoms with van der Waals surface area (Å²) in [6.45, 7) is 0.287. The van der Waals surface area contributed by atoms with Gasteiger partial charge in [0.05, 0.1) is 24.0 Å². The molecule has 0 saturated heterocycles. The number of anilines is 1. The molecule has 1 heterocycles. The van der Waals surface area contributed by atoms with E-state index in [1.54, 1.807) is 6.07 Å². The number of benzene rings is 1. The summed E-state index contributed by atoms with van der Waals surface area (Å²) < 4.78 is 26.4. The third-order valence-corrected chi connectivity index (χ3v) is 4.71. The standard InChI is InChI=1S/C17H20F2N4O3/c18-11-2-1-8(3-12(11)19)15(24)10-5-13(17(26)16(10)25)21-6-9-4-14(20)23-7-22-9/h1-4,7,10,13,15-17,21,24-26H,5-6H2,(H2,20,22,23)/t10-,13-,15+,16-,17+/m1/s1. The van der Waals surface area contributed by atoms with Crippen molar-refractivity contribution in [3.63, 3.8) is 0 Å². The van der Waals surface area contributed by atoms with Crippen molar-refractivity contribution < 1.29 is 24.1 Å². The smallest absolute Gasteiger partial charge is 0.159 e. The predicted molar refractivity (Wildman–Crippen MR) is 88.5 cm³/mol. The molecule has 140 valence electrons. The SMILES string of the molecule is Nc1cc(CN[C@@H]2C[C@H]([C@@H](O)c3ccc(F)c(F)c3)[C@@H](O)[C@H]2O)ncn1. The van der Waals surface area contributed by atoms with Crippen molar-refractivity contribution in [2.45, 2.75) is 37.3 Å². The fraction of sp³-hybridized carbons (Fsp3) is 0.412. The van der Waals surface area contributed by atoms with Crippen molar-refractivity contribution in [3.8, 4) is 0 Å². The predicted octanol–water partition coefficient (Wildman–Crippen LogP) is 0.271. The van der Waals surface area contributed by atoms with E-state index in [1.807, 2.05) is 0 Å². The van der Waals surface area contributed by atoms with E-state index < -0.39 is 41.9 Å². The van der Waals surface area contributed by atoms with E-state index in [1.165, 1.54) is 12.4 Å². The minimum absolute atomic E-state index is 0.143. The van der Waals surface area contributed by atoms with E-state index in [9.17, 15) is 24.1 Å². The zero-order chi connectivity index (χ0) is 18.8. The lowest BCUT2D eigenvalue weighted by Crippen LogP contribution is -2.40. The second-order valence-electron chi connectivity index (χ2n) is 6.42. The third kappa shape index (κ3) is 3.80. The number of hydrogen-bond acceptors (Lipinski definition) is 7. The summed E-state index contributed by atoms with van der Waals surface area (Å²) in [5, 5.41) is 34.0. The van der Waals surface area contributed by atoms with Gasteiger partial charge < -0.3 is 26.4 Å². The molecule has 0 aliphatic heterocycles. The van der Waals surface area contributed by atoms with Crippen molar-refractivity contribution in [1.82, 2.24) is 15.3 Å². The van der Waals surface area contributed by atoms with Crippen LogP contribution in [0.5, 0.6) is 0 Å². The fourth-order valence-electron chi connectivity index (χ4n) is 3.27. The molecule has 9 heteroatoms. The molecule has 1 saturated carbocycles. The first-order chi connectivity index (χ1) is 12.4. The number of rotatable bonds is 5. The number of aromatic nitrogens is 2. The van der Waals surface area contributed by atoms with Gasteiger partial charge >= 0.3 is 0 Å². The minimum Gasteiger partial charge on any atom is -0.390 e. The second-order valence-corrected chi connectivity index (χ2v) is 6.42. The van der Waals surface area contributed by atoms with Gasteiger partial charge in [-0.25, -0.2) is 18.7 Å². The van der Waals surface area contributed by atoms with Crippen molar-refractivity contribution in [1.29, 1.82) is 0 Å². The monoisotopic (exact) mass is 366 g/mol. The van der Waals surface area contributed by atoms with E-state index in [4.69, 9.17) is 5.73 Å². The molecular weight excluding hydrogens is 346 g/mol. The van der Waals surface area contributed by atoms with Crippen LogP contribution in [0.15, 0.2) is 30.6 Å². The van der Waals surface area contributed by atoms with Gasteiger partial charge in [-0.2, -0.15) is 0 Å². The fourth-order valence-corrected chi connectivity index (χ4v) is 3.27. The average molecular weight is 366 g/mol. The van der Waals surface area contributed by atoms with Crippen LogP contribution in [0.3, 0.4) is 0 Å². The zero-order valence-electron chi connectivity index (χ0n) is 13.8. The molecule has 0 amide bonds. The van der Waals surface area contributed by atoms with Crippen LogP contribution in [0.1, 0.15) is 23.8 Å². The lowest BCUT2D eigenvalue weighted by molar-refractivity contribution is -0.0247. The van der Waals surface area contributed by atoms with Gasteiger partial charge in [0.25, 0.3) is 0 Å². The summed E-state index contributed by atoms with van der Waals surface area (Å²) >= 11 is 0. The molecule has 26 heavy (non-hydrogen) atoms. The molecule has 1 aliphatic carbocycles. The van der Waals surface area contributed by atoms with E-state index in [0.717, 1.165) is 12.1 Å². The van der Waals surface area contributed by atoms with Gasteiger partial charge in [-0.05, 0) is 24.1 Å². The van der Waals surface area contributed by atoms with Crippen molar-refractivity contribution in [3.05, 3.63) is 53.5 Å². The molecule has 0 bridgehead atoms. The summed E-state index contributed by atoms with van der Waals surface area (Å²) in [4.78, 5) is 7.83. The molecule has 0 spiro atoms. The summed E-state index contributed by atoms with van der Waals surface area (Å²) in [6, 6.07) is 4.14. The molecule has 1 fully saturated rings. The van der Waals surface area contributed by atoms with E-state index >= 15 is 0 Å². The van der Waals surface area contributed by atoms with Gasteiger partial charge in [0.1, 0.15) is 12.1 Å². The van der Waals surface area contributed by atoms with Gasteiger partial charge in [0, 0.05) is 24.6 Å². The first-order valence-electron chi connectivity index (χ1n) is 8.15. The number of nitrogens with zero attached hydrogens (tertiary/aromatic N) is 2. The Hall–Kier alpha value is -2.20. The molecule has 0 unspecified atom stereocenters. The van der Waals surface area contributed by atoms with Crippen LogP contribution in [0.25, 0.3) is 0 Å². The molecule has 1 aliphatic rings. The van der Waals surface area contributed by atoms with Gasteiger partial charge in [-0.15, -0.1) is 0 Å². The van der Waals surface area contributed by atoms with Crippen LogP contribution in [0.4, 0.5) is 14.6 Å². The lowest BCUT2D eigenvalue weighted by atomic mass is 9.92. The maximum absolute atomic E-state index is 13.4. The number of aliphatic hydroxyl groups excluding tert-OH is 3. The lowest BCUT2D eigenvalue weighted by Gasteiger charge is -2.22.